The Morgan fingerprint density at radius 3 is 2.63 bits per heavy atom. The number of carbonyl (C=O) groups excluding carboxylic acids is 2. The fourth-order valence-corrected chi connectivity index (χ4v) is 2.50. The first-order chi connectivity index (χ1) is 14.6. The number of carbonyl (C=O) groups is 2. The van der Waals surface area contributed by atoms with E-state index in [1.54, 1.807) is 42.5 Å². The molecule has 0 aliphatic rings. The second-order valence-electron chi connectivity index (χ2n) is 6.09. The summed E-state index contributed by atoms with van der Waals surface area (Å²) in [5.41, 5.74) is 5.05. The van der Waals surface area contributed by atoms with Crippen LogP contribution in [0.3, 0.4) is 0 Å². The van der Waals surface area contributed by atoms with Crippen LogP contribution in [0, 0.1) is 17.1 Å². The largest absolute Gasteiger partial charge is 0.482 e. The monoisotopic (exact) mass is 408 g/mol. The van der Waals surface area contributed by atoms with Crippen molar-refractivity contribution in [2.75, 3.05) is 6.61 Å². The third kappa shape index (κ3) is 5.42. The van der Waals surface area contributed by atoms with Crippen LogP contribution in [0.5, 0.6) is 5.75 Å². The van der Waals surface area contributed by atoms with Crippen LogP contribution in [0.2, 0.25) is 0 Å². The van der Waals surface area contributed by atoms with Crippen molar-refractivity contribution in [1.29, 1.82) is 5.26 Å². The minimum atomic E-state index is -0.589. The molecule has 152 valence electrons. The first-order valence-electron chi connectivity index (χ1n) is 8.96. The first kappa shape index (κ1) is 20.5. The summed E-state index contributed by atoms with van der Waals surface area (Å²) < 4.78 is 24.5. The standard InChI is InChI=1S/C21H17FN4O4/c22-16-7-3-2-6-15(16)18-12-24-21(30-18)10-9-19(27)25-26-20(28)13-29-17-8-4-1-5-14(17)11-23/h1-8,12H,9-10,13H2,(H,25,27)(H,26,28). The van der Waals surface area contributed by atoms with Crippen LogP contribution in [-0.2, 0) is 16.0 Å². The van der Waals surface area contributed by atoms with Crippen LogP contribution in [-0.4, -0.2) is 23.4 Å². The van der Waals surface area contributed by atoms with Gasteiger partial charge in [0, 0.05) is 12.8 Å². The lowest BCUT2D eigenvalue weighted by Crippen LogP contribution is -2.43. The number of nitrogens with one attached hydrogen (secondary N) is 2. The van der Waals surface area contributed by atoms with Gasteiger partial charge in [0.25, 0.3) is 5.91 Å². The summed E-state index contributed by atoms with van der Waals surface area (Å²) in [7, 11) is 0. The maximum absolute atomic E-state index is 13.8. The van der Waals surface area contributed by atoms with Crippen molar-refractivity contribution < 1.29 is 23.1 Å². The molecule has 2 aromatic carbocycles. The quantitative estimate of drug-likeness (QED) is 0.580. The number of hydrogen-bond donors (Lipinski definition) is 2. The number of rotatable bonds is 7. The van der Waals surface area contributed by atoms with Gasteiger partial charge in [-0.1, -0.05) is 24.3 Å². The fourth-order valence-electron chi connectivity index (χ4n) is 2.50. The summed E-state index contributed by atoms with van der Waals surface area (Å²) in [5.74, 6) is -0.672. The minimum Gasteiger partial charge on any atom is -0.482 e. The van der Waals surface area contributed by atoms with Crippen molar-refractivity contribution in [3.8, 4) is 23.1 Å². The zero-order valence-corrected chi connectivity index (χ0v) is 15.7. The molecule has 0 unspecified atom stereocenters. The van der Waals surface area contributed by atoms with Gasteiger partial charge >= 0.3 is 0 Å². The number of oxazole rings is 1. The molecular weight excluding hydrogens is 391 g/mol. The second kappa shape index (κ2) is 9.84. The number of nitrogens with zero attached hydrogens (tertiary/aromatic N) is 2. The summed E-state index contributed by atoms with van der Waals surface area (Å²) in [6, 6.07) is 14.6. The Hall–Kier alpha value is -4.19. The number of nitriles is 1. The molecule has 0 fully saturated rings. The van der Waals surface area contributed by atoms with Crippen molar-refractivity contribution >= 4 is 11.8 Å². The van der Waals surface area contributed by atoms with Crippen molar-refractivity contribution in [3.05, 3.63) is 72.0 Å². The Morgan fingerprint density at radius 2 is 1.83 bits per heavy atom. The van der Waals surface area contributed by atoms with Crippen LogP contribution < -0.4 is 15.6 Å². The van der Waals surface area contributed by atoms with Gasteiger partial charge in [-0.2, -0.15) is 5.26 Å². The van der Waals surface area contributed by atoms with E-state index in [1.165, 1.54) is 12.3 Å². The van der Waals surface area contributed by atoms with Gasteiger partial charge in [0.1, 0.15) is 17.6 Å². The Morgan fingerprint density at radius 1 is 1.10 bits per heavy atom. The molecule has 2 N–H and O–H groups in total. The molecule has 0 saturated heterocycles. The highest BCUT2D eigenvalue weighted by atomic mass is 19.1. The molecule has 0 saturated carbocycles. The van der Waals surface area contributed by atoms with E-state index in [-0.39, 0.29) is 42.4 Å². The Balaban J connectivity index is 1.41. The molecular formula is C21H17FN4O4. The summed E-state index contributed by atoms with van der Waals surface area (Å²) in [6.45, 7) is -0.370. The molecule has 3 aromatic rings. The van der Waals surface area contributed by atoms with E-state index >= 15 is 0 Å². The van der Waals surface area contributed by atoms with Gasteiger partial charge in [0.15, 0.2) is 18.3 Å². The number of para-hydroxylation sites is 1. The summed E-state index contributed by atoms with van der Waals surface area (Å²) in [4.78, 5) is 27.7. The molecule has 8 nitrogen and oxygen atoms in total. The van der Waals surface area contributed by atoms with Gasteiger partial charge in [-0.3, -0.25) is 20.4 Å². The molecule has 0 spiro atoms. The number of benzene rings is 2. The number of halogens is 1. The lowest BCUT2D eigenvalue weighted by molar-refractivity contribution is -0.130. The molecule has 3 rings (SSSR count). The fraction of sp³-hybridized carbons (Fsp3) is 0.143. The number of ether oxygens (including phenoxy) is 1. The lowest BCUT2D eigenvalue weighted by atomic mass is 10.2. The number of aromatic nitrogens is 1. The lowest BCUT2D eigenvalue weighted by Gasteiger charge is -2.09. The Bertz CT molecular complexity index is 1090. The van der Waals surface area contributed by atoms with Crippen molar-refractivity contribution in [3.63, 3.8) is 0 Å². The Kier molecular flexibility index (Phi) is 6.74. The number of aryl methyl sites for hydroxylation is 1. The van der Waals surface area contributed by atoms with Gasteiger partial charge < -0.3 is 9.15 Å². The molecule has 0 radical (unpaired) electrons. The summed E-state index contributed by atoms with van der Waals surface area (Å²) in [5, 5.41) is 8.97. The normalized spacial score (nSPS) is 10.1. The van der Waals surface area contributed by atoms with Crippen LogP contribution in [0.15, 0.2) is 59.1 Å². The van der Waals surface area contributed by atoms with E-state index in [4.69, 9.17) is 14.4 Å². The topological polar surface area (TPSA) is 117 Å². The van der Waals surface area contributed by atoms with Crippen LogP contribution >= 0.6 is 0 Å². The predicted octanol–water partition coefficient (Wildman–Crippen LogP) is 2.51. The van der Waals surface area contributed by atoms with Crippen molar-refractivity contribution in [2.45, 2.75) is 12.8 Å². The summed E-state index contributed by atoms with van der Waals surface area (Å²) >= 11 is 0. The van der Waals surface area contributed by atoms with E-state index in [2.05, 4.69) is 15.8 Å². The van der Waals surface area contributed by atoms with Crippen molar-refractivity contribution in [2.24, 2.45) is 0 Å². The highest BCUT2D eigenvalue weighted by Crippen LogP contribution is 2.23. The third-order valence-corrected chi connectivity index (χ3v) is 3.97. The van der Waals surface area contributed by atoms with Crippen LogP contribution in [0.1, 0.15) is 17.9 Å². The molecule has 0 aliphatic heterocycles. The molecule has 1 aromatic heterocycles. The summed E-state index contributed by atoms with van der Waals surface area (Å²) in [6.07, 6.45) is 1.56. The predicted molar refractivity (Wildman–Crippen MR) is 103 cm³/mol. The zero-order valence-electron chi connectivity index (χ0n) is 15.7. The Labute approximate surface area is 171 Å². The first-order valence-corrected chi connectivity index (χ1v) is 8.96. The highest BCUT2D eigenvalue weighted by Gasteiger charge is 2.12. The molecule has 9 heteroatoms. The number of amides is 2. The van der Waals surface area contributed by atoms with E-state index in [0.717, 1.165) is 0 Å². The van der Waals surface area contributed by atoms with Gasteiger partial charge in [0.05, 0.1) is 17.3 Å². The number of hydrogen-bond acceptors (Lipinski definition) is 6. The van der Waals surface area contributed by atoms with Crippen molar-refractivity contribution in [1.82, 2.24) is 15.8 Å². The van der Waals surface area contributed by atoms with E-state index < -0.39 is 17.6 Å². The maximum atomic E-state index is 13.8. The molecule has 0 bridgehead atoms. The highest BCUT2D eigenvalue weighted by molar-refractivity contribution is 5.82. The molecule has 30 heavy (non-hydrogen) atoms. The third-order valence-electron chi connectivity index (χ3n) is 3.97. The average molecular weight is 408 g/mol. The van der Waals surface area contributed by atoms with Gasteiger partial charge in [-0.25, -0.2) is 9.37 Å². The van der Waals surface area contributed by atoms with E-state index in [9.17, 15) is 14.0 Å². The molecule has 2 amide bonds. The molecule has 1 heterocycles. The molecule has 0 aliphatic carbocycles. The SMILES string of the molecule is N#Cc1ccccc1OCC(=O)NNC(=O)CCc1ncc(-c2ccccc2F)o1. The minimum absolute atomic E-state index is 0.00434. The van der Waals surface area contributed by atoms with Gasteiger partial charge in [-0.15, -0.1) is 0 Å². The second-order valence-corrected chi connectivity index (χ2v) is 6.09. The van der Waals surface area contributed by atoms with Crippen LogP contribution in [0.4, 0.5) is 4.39 Å². The van der Waals surface area contributed by atoms with E-state index in [0.29, 0.717) is 5.56 Å². The van der Waals surface area contributed by atoms with Crippen LogP contribution in [0.25, 0.3) is 11.3 Å². The van der Waals surface area contributed by atoms with Gasteiger partial charge in [0.2, 0.25) is 5.91 Å². The molecule has 0 atom stereocenters. The smallest absolute Gasteiger partial charge is 0.276 e. The van der Waals surface area contributed by atoms with Gasteiger partial charge in [-0.05, 0) is 24.3 Å². The number of hydrazine groups is 1. The zero-order chi connectivity index (χ0) is 21.3. The van der Waals surface area contributed by atoms with E-state index in [1.807, 2.05) is 6.07 Å². The maximum Gasteiger partial charge on any atom is 0.276 e. The average Bonchev–Trinajstić information content (AvgIpc) is 3.24.